The van der Waals surface area contributed by atoms with Crippen LogP contribution in [0, 0.1) is 25.6 Å². The highest BCUT2D eigenvalue weighted by Crippen LogP contribution is 2.38. The first-order chi connectivity index (χ1) is 11.6. The molecular weight excluding hydrogens is 295 g/mol. The lowest BCUT2D eigenvalue weighted by Crippen LogP contribution is -2.13. The molecule has 0 N–H and O–H groups in total. The van der Waals surface area contributed by atoms with Crippen LogP contribution in [0.2, 0.25) is 0 Å². The summed E-state index contributed by atoms with van der Waals surface area (Å²) in [4.78, 5) is 0. The van der Waals surface area contributed by atoms with Gasteiger partial charge in [-0.2, -0.15) is 0 Å². The average Bonchev–Trinajstić information content (AvgIpc) is 2.58. The van der Waals surface area contributed by atoms with E-state index in [-0.39, 0.29) is 5.82 Å². The Balaban J connectivity index is 1.76. The molecule has 0 aliphatic heterocycles. The molecule has 0 nitrogen and oxygen atoms in total. The molecule has 2 aromatic rings. The summed E-state index contributed by atoms with van der Waals surface area (Å²) in [5.74, 6) is 1.36. The van der Waals surface area contributed by atoms with Crippen LogP contribution in [0.3, 0.4) is 0 Å². The first-order valence-corrected chi connectivity index (χ1v) is 9.45. The van der Waals surface area contributed by atoms with Gasteiger partial charge < -0.3 is 0 Å². The van der Waals surface area contributed by atoms with Crippen molar-refractivity contribution in [2.24, 2.45) is 5.92 Å². The minimum absolute atomic E-state index is 0.0774. The standard InChI is InChI=1S/C23H29F/c1-4-5-18-7-10-19(11-8-18)20-12-13-22(23(24)15-20)21-9-6-16(2)17(3)14-21/h6,9,12-15,18-19H,4-5,7-8,10-11H2,1-3H3. The number of hydrogen-bond acceptors (Lipinski definition) is 0. The maximum Gasteiger partial charge on any atom is 0.131 e. The third kappa shape index (κ3) is 3.71. The maximum atomic E-state index is 14.7. The topological polar surface area (TPSA) is 0 Å². The Hall–Kier alpha value is -1.63. The predicted octanol–water partition coefficient (Wildman–Crippen LogP) is 7.18. The van der Waals surface area contributed by atoms with E-state index in [1.54, 1.807) is 6.07 Å². The Kier molecular flexibility index (Phi) is 5.38. The van der Waals surface area contributed by atoms with E-state index in [2.05, 4.69) is 39.0 Å². The van der Waals surface area contributed by atoms with Gasteiger partial charge >= 0.3 is 0 Å². The molecule has 1 fully saturated rings. The van der Waals surface area contributed by atoms with Crippen LogP contribution in [0.5, 0.6) is 0 Å². The quantitative estimate of drug-likeness (QED) is 0.558. The molecule has 128 valence electrons. The van der Waals surface area contributed by atoms with Gasteiger partial charge in [-0.3, -0.25) is 0 Å². The van der Waals surface area contributed by atoms with Gasteiger partial charge in [0.25, 0.3) is 0 Å². The molecular formula is C23H29F. The smallest absolute Gasteiger partial charge is 0.131 e. The first kappa shape index (κ1) is 17.2. The van der Waals surface area contributed by atoms with Crippen LogP contribution in [0.1, 0.15) is 68.1 Å². The fourth-order valence-corrected chi connectivity index (χ4v) is 4.12. The Morgan fingerprint density at radius 3 is 2.29 bits per heavy atom. The summed E-state index contributed by atoms with van der Waals surface area (Å²) < 4.78 is 14.7. The van der Waals surface area contributed by atoms with E-state index in [1.165, 1.54) is 55.2 Å². The molecule has 1 heteroatoms. The van der Waals surface area contributed by atoms with Gasteiger partial charge in [-0.05, 0) is 79.7 Å². The lowest BCUT2D eigenvalue weighted by molar-refractivity contribution is 0.308. The molecule has 1 aliphatic carbocycles. The van der Waals surface area contributed by atoms with Gasteiger partial charge in [0.05, 0.1) is 0 Å². The van der Waals surface area contributed by atoms with Crippen molar-refractivity contribution in [1.82, 2.24) is 0 Å². The van der Waals surface area contributed by atoms with Gasteiger partial charge in [-0.15, -0.1) is 0 Å². The van der Waals surface area contributed by atoms with Crippen LogP contribution < -0.4 is 0 Å². The van der Waals surface area contributed by atoms with E-state index in [1.807, 2.05) is 12.1 Å². The van der Waals surface area contributed by atoms with Crippen molar-refractivity contribution < 1.29 is 4.39 Å². The molecule has 0 unspecified atom stereocenters. The van der Waals surface area contributed by atoms with Gasteiger partial charge in [0, 0.05) is 5.56 Å². The molecule has 0 aromatic heterocycles. The number of aryl methyl sites for hydroxylation is 2. The van der Waals surface area contributed by atoms with Gasteiger partial charge in [0.2, 0.25) is 0 Å². The van der Waals surface area contributed by atoms with Crippen molar-refractivity contribution >= 4 is 0 Å². The van der Waals surface area contributed by atoms with Crippen LogP contribution in [-0.4, -0.2) is 0 Å². The minimum Gasteiger partial charge on any atom is -0.206 e. The first-order valence-electron chi connectivity index (χ1n) is 9.45. The minimum atomic E-state index is -0.0774. The molecule has 0 radical (unpaired) electrons. The normalized spacial score (nSPS) is 21.0. The molecule has 2 aromatic carbocycles. The molecule has 0 spiro atoms. The number of halogens is 1. The molecule has 0 saturated heterocycles. The van der Waals surface area contributed by atoms with Crippen molar-refractivity contribution in [2.75, 3.05) is 0 Å². The fraction of sp³-hybridized carbons (Fsp3) is 0.478. The summed E-state index contributed by atoms with van der Waals surface area (Å²) in [6.07, 6.45) is 7.68. The van der Waals surface area contributed by atoms with Crippen molar-refractivity contribution in [2.45, 2.75) is 65.2 Å². The van der Waals surface area contributed by atoms with Crippen molar-refractivity contribution in [3.05, 3.63) is 58.9 Å². The zero-order chi connectivity index (χ0) is 17.1. The lowest BCUT2D eigenvalue weighted by Gasteiger charge is -2.28. The molecule has 3 rings (SSSR count). The third-order valence-corrected chi connectivity index (χ3v) is 5.83. The SMILES string of the molecule is CCCC1CCC(c2ccc(-c3ccc(C)c(C)c3)c(F)c2)CC1. The molecule has 1 saturated carbocycles. The van der Waals surface area contributed by atoms with Gasteiger partial charge in [-0.25, -0.2) is 4.39 Å². The Bertz CT molecular complexity index is 693. The zero-order valence-electron chi connectivity index (χ0n) is 15.2. The zero-order valence-corrected chi connectivity index (χ0v) is 15.2. The third-order valence-electron chi connectivity index (χ3n) is 5.83. The maximum absolute atomic E-state index is 14.7. The lowest BCUT2D eigenvalue weighted by atomic mass is 9.77. The largest absolute Gasteiger partial charge is 0.206 e. The van der Waals surface area contributed by atoms with E-state index in [4.69, 9.17) is 0 Å². The number of benzene rings is 2. The van der Waals surface area contributed by atoms with Gasteiger partial charge in [0.15, 0.2) is 0 Å². The highest BCUT2D eigenvalue weighted by atomic mass is 19.1. The molecule has 0 atom stereocenters. The van der Waals surface area contributed by atoms with E-state index in [9.17, 15) is 4.39 Å². The molecule has 0 amide bonds. The van der Waals surface area contributed by atoms with Gasteiger partial charge in [-0.1, -0.05) is 50.1 Å². The van der Waals surface area contributed by atoms with Crippen LogP contribution in [0.25, 0.3) is 11.1 Å². The second-order valence-electron chi connectivity index (χ2n) is 7.54. The number of rotatable bonds is 4. The van der Waals surface area contributed by atoms with Crippen molar-refractivity contribution in [3.63, 3.8) is 0 Å². The highest BCUT2D eigenvalue weighted by molar-refractivity contribution is 5.66. The Morgan fingerprint density at radius 1 is 0.917 bits per heavy atom. The second-order valence-corrected chi connectivity index (χ2v) is 7.54. The second kappa shape index (κ2) is 7.51. The van der Waals surface area contributed by atoms with Crippen LogP contribution in [0.15, 0.2) is 36.4 Å². The van der Waals surface area contributed by atoms with Crippen molar-refractivity contribution in [1.29, 1.82) is 0 Å². The van der Waals surface area contributed by atoms with E-state index >= 15 is 0 Å². The van der Waals surface area contributed by atoms with Crippen LogP contribution in [-0.2, 0) is 0 Å². The Labute approximate surface area is 146 Å². The highest BCUT2D eigenvalue weighted by Gasteiger charge is 2.22. The fourth-order valence-electron chi connectivity index (χ4n) is 4.12. The van der Waals surface area contributed by atoms with E-state index in [0.29, 0.717) is 5.92 Å². The van der Waals surface area contributed by atoms with Crippen LogP contribution >= 0.6 is 0 Å². The summed E-state index contributed by atoms with van der Waals surface area (Å²) in [6, 6.07) is 12.1. The predicted molar refractivity (Wildman–Crippen MR) is 101 cm³/mol. The average molecular weight is 324 g/mol. The van der Waals surface area contributed by atoms with Gasteiger partial charge in [0.1, 0.15) is 5.82 Å². The van der Waals surface area contributed by atoms with Crippen molar-refractivity contribution in [3.8, 4) is 11.1 Å². The molecule has 1 aliphatic rings. The molecule has 24 heavy (non-hydrogen) atoms. The van der Waals surface area contributed by atoms with Crippen LogP contribution in [0.4, 0.5) is 4.39 Å². The summed E-state index contributed by atoms with van der Waals surface area (Å²) in [5.41, 5.74) is 5.36. The summed E-state index contributed by atoms with van der Waals surface area (Å²) in [6.45, 7) is 6.44. The summed E-state index contributed by atoms with van der Waals surface area (Å²) in [7, 11) is 0. The molecule has 0 bridgehead atoms. The Morgan fingerprint density at radius 2 is 1.67 bits per heavy atom. The summed E-state index contributed by atoms with van der Waals surface area (Å²) >= 11 is 0. The molecule has 0 heterocycles. The van der Waals surface area contributed by atoms with E-state index < -0.39 is 0 Å². The number of hydrogen-bond donors (Lipinski definition) is 0. The monoisotopic (exact) mass is 324 g/mol. The van der Waals surface area contributed by atoms with E-state index in [0.717, 1.165) is 17.0 Å². The summed E-state index contributed by atoms with van der Waals surface area (Å²) in [5, 5.41) is 0.